The number of halogens is 3. The molecule has 176 valence electrons. The Balaban J connectivity index is 1.36. The zero-order valence-corrected chi connectivity index (χ0v) is 18.7. The number of piperazine rings is 1. The quantitative estimate of drug-likeness (QED) is 0.431. The van der Waals surface area contributed by atoms with E-state index < -0.39 is 23.3 Å². The monoisotopic (exact) mass is 468 g/mol. The van der Waals surface area contributed by atoms with Gasteiger partial charge in [-0.1, -0.05) is 0 Å². The summed E-state index contributed by atoms with van der Waals surface area (Å²) >= 11 is 0. The number of hydrogen-bond acceptors (Lipinski definition) is 6. The van der Waals surface area contributed by atoms with Gasteiger partial charge >= 0.3 is 0 Å². The lowest BCUT2D eigenvalue weighted by atomic mass is 10.2. The van der Waals surface area contributed by atoms with Crippen molar-refractivity contribution in [3.05, 3.63) is 65.9 Å². The van der Waals surface area contributed by atoms with E-state index in [0.29, 0.717) is 22.3 Å². The molecule has 5 rings (SSSR count). The molecule has 34 heavy (non-hydrogen) atoms. The molecule has 3 heterocycles. The predicted molar refractivity (Wildman–Crippen MR) is 124 cm³/mol. The van der Waals surface area contributed by atoms with E-state index in [2.05, 4.69) is 25.2 Å². The molecule has 0 bridgehead atoms. The van der Waals surface area contributed by atoms with Crippen LogP contribution in [0.1, 0.15) is 5.69 Å². The molecule has 10 heteroatoms. The van der Waals surface area contributed by atoms with Gasteiger partial charge in [0.1, 0.15) is 12.1 Å². The van der Waals surface area contributed by atoms with E-state index >= 15 is 4.39 Å². The summed E-state index contributed by atoms with van der Waals surface area (Å²) < 4.78 is 50.1. The Labute approximate surface area is 194 Å². The molecule has 1 aliphatic rings. The van der Waals surface area contributed by atoms with Crippen molar-refractivity contribution in [3.8, 4) is 11.6 Å². The Morgan fingerprint density at radius 1 is 0.971 bits per heavy atom. The van der Waals surface area contributed by atoms with Gasteiger partial charge in [0, 0.05) is 48.5 Å². The molecule has 1 saturated heterocycles. The fraction of sp³-hybridized carbons (Fsp3) is 0.250. The van der Waals surface area contributed by atoms with Crippen molar-refractivity contribution in [3.63, 3.8) is 0 Å². The summed E-state index contributed by atoms with van der Waals surface area (Å²) in [5.74, 6) is -2.80. The molecular weight excluding hydrogens is 445 g/mol. The minimum Gasteiger partial charge on any atom is -0.433 e. The fourth-order valence-electron chi connectivity index (χ4n) is 4.01. The van der Waals surface area contributed by atoms with Gasteiger partial charge in [0.15, 0.2) is 17.4 Å². The van der Waals surface area contributed by atoms with Crippen molar-refractivity contribution < 1.29 is 17.9 Å². The number of nitrogens with zero attached hydrogens (tertiary/aromatic N) is 4. The first-order valence-electron chi connectivity index (χ1n) is 10.9. The van der Waals surface area contributed by atoms with Crippen molar-refractivity contribution in [1.82, 2.24) is 19.9 Å². The molecule has 7 nitrogen and oxygen atoms in total. The Bertz CT molecular complexity index is 1350. The minimum absolute atomic E-state index is 0.169. The van der Waals surface area contributed by atoms with E-state index in [4.69, 9.17) is 4.74 Å². The van der Waals surface area contributed by atoms with Gasteiger partial charge in [-0.05, 0) is 50.4 Å². The number of H-pyrrole nitrogens is 1. The molecule has 2 aromatic heterocycles. The molecule has 4 aromatic rings. The number of ether oxygens (including phenoxy) is 1. The lowest BCUT2D eigenvalue weighted by molar-refractivity contribution is 0.311. The third-order valence-corrected chi connectivity index (χ3v) is 5.86. The van der Waals surface area contributed by atoms with Gasteiger partial charge in [-0.25, -0.2) is 13.8 Å². The highest BCUT2D eigenvalue weighted by Gasteiger charge is 2.20. The summed E-state index contributed by atoms with van der Waals surface area (Å²) in [6.07, 6.45) is 1.09. The molecule has 0 radical (unpaired) electrons. The van der Waals surface area contributed by atoms with Crippen LogP contribution in [0.25, 0.3) is 10.9 Å². The molecule has 0 saturated carbocycles. The summed E-state index contributed by atoms with van der Waals surface area (Å²) in [5.41, 5.74) is 2.21. The largest absolute Gasteiger partial charge is 0.433 e. The molecule has 0 amide bonds. The van der Waals surface area contributed by atoms with Crippen LogP contribution < -0.4 is 15.0 Å². The van der Waals surface area contributed by atoms with E-state index in [9.17, 15) is 8.78 Å². The van der Waals surface area contributed by atoms with Crippen LogP contribution in [-0.4, -0.2) is 53.1 Å². The number of aryl methyl sites for hydroxylation is 1. The Kier molecular flexibility index (Phi) is 5.74. The predicted octanol–water partition coefficient (Wildman–Crippen LogP) is 4.97. The van der Waals surface area contributed by atoms with Crippen LogP contribution in [0, 0.1) is 24.4 Å². The van der Waals surface area contributed by atoms with Gasteiger partial charge in [0.05, 0.1) is 5.69 Å². The lowest BCUT2D eigenvalue weighted by Gasteiger charge is -2.34. The maximum atomic E-state index is 15.1. The molecule has 2 aromatic carbocycles. The Hall–Kier alpha value is -3.79. The molecule has 0 unspecified atom stereocenters. The second-order valence-electron chi connectivity index (χ2n) is 8.32. The Morgan fingerprint density at radius 2 is 1.76 bits per heavy atom. The van der Waals surface area contributed by atoms with Crippen LogP contribution in [0.2, 0.25) is 0 Å². The van der Waals surface area contributed by atoms with Crippen LogP contribution in [0.3, 0.4) is 0 Å². The first-order chi connectivity index (χ1) is 16.4. The van der Waals surface area contributed by atoms with Crippen LogP contribution in [-0.2, 0) is 0 Å². The molecule has 1 fully saturated rings. The van der Waals surface area contributed by atoms with Gasteiger partial charge in [-0.15, -0.1) is 0 Å². The van der Waals surface area contributed by atoms with Crippen LogP contribution >= 0.6 is 0 Å². The molecule has 0 atom stereocenters. The number of hydrogen-bond donors (Lipinski definition) is 2. The lowest BCUT2D eigenvalue weighted by Crippen LogP contribution is -2.44. The highest BCUT2D eigenvalue weighted by atomic mass is 19.1. The van der Waals surface area contributed by atoms with Crippen LogP contribution in [0.15, 0.2) is 42.7 Å². The van der Waals surface area contributed by atoms with E-state index in [0.717, 1.165) is 38.2 Å². The maximum Gasteiger partial charge on any atom is 0.261 e. The SMILES string of the molecule is Cc1cc2c(F)c(Oc3ncnc(Nc4ccc(N5CCN(C)CC5)c(F)c4)c3F)ccc2[nH]1. The number of anilines is 3. The molecular formula is C24H23F3N6O. The van der Waals surface area contributed by atoms with Gasteiger partial charge in [0.25, 0.3) is 5.88 Å². The molecule has 0 spiro atoms. The van der Waals surface area contributed by atoms with Gasteiger partial charge in [0.2, 0.25) is 5.82 Å². The summed E-state index contributed by atoms with van der Waals surface area (Å²) in [6, 6.07) is 9.28. The third-order valence-electron chi connectivity index (χ3n) is 5.86. The summed E-state index contributed by atoms with van der Waals surface area (Å²) in [6.45, 7) is 4.97. The van der Waals surface area contributed by atoms with Crippen molar-refractivity contribution in [1.29, 1.82) is 0 Å². The summed E-state index contributed by atoms with van der Waals surface area (Å²) in [7, 11) is 2.03. The van der Waals surface area contributed by atoms with Crippen LogP contribution in [0.4, 0.5) is 30.4 Å². The fourth-order valence-corrected chi connectivity index (χ4v) is 4.01. The minimum atomic E-state index is -0.921. The molecule has 1 aliphatic heterocycles. The van der Waals surface area contributed by atoms with E-state index in [1.54, 1.807) is 24.3 Å². The van der Waals surface area contributed by atoms with Crippen LogP contribution in [0.5, 0.6) is 11.6 Å². The van der Waals surface area contributed by atoms with Gasteiger partial charge in [-0.2, -0.15) is 9.37 Å². The zero-order chi connectivity index (χ0) is 23.8. The van der Waals surface area contributed by atoms with Crippen molar-refractivity contribution >= 4 is 28.1 Å². The maximum absolute atomic E-state index is 15.1. The number of benzene rings is 2. The second kappa shape index (κ2) is 8.86. The van der Waals surface area contributed by atoms with E-state index in [1.165, 1.54) is 12.1 Å². The smallest absolute Gasteiger partial charge is 0.261 e. The number of aromatic nitrogens is 3. The third kappa shape index (κ3) is 4.24. The number of fused-ring (bicyclic) bond motifs is 1. The zero-order valence-electron chi connectivity index (χ0n) is 18.7. The average molecular weight is 468 g/mol. The van der Waals surface area contributed by atoms with Gasteiger partial charge in [-0.3, -0.25) is 0 Å². The van der Waals surface area contributed by atoms with Crippen molar-refractivity contribution in [2.75, 3.05) is 43.4 Å². The van der Waals surface area contributed by atoms with E-state index in [-0.39, 0.29) is 11.6 Å². The number of nitrogens with one attached hydrogen (secondary N) is 2. The summed E-state index contributed by atoms with van der Waals surface area (Å²) in [4.78, 5) is 14.9. The molecule has 2 N–H and O–H groups in total. The number of rotatable bonds is 5. The Morgan fingerprint density at radius 3 is 2.53 bits per heavy atom. The summed E-state index contributed by atoms with van der Waals surface area (Å²) in [5, 5.41) is 3.08. The normalized spacial score (nSPS) is 14.6. The van der Waals surface area contributed by atoms with Crippen molar-refractivity contribution in [2.24, 2.45) is 0 Å². The average Bonchev–Trinajstić information content (AvgIpc) is 3.20. The van der Waals surface area contributed by atoms with Crippen molar-refractivity contribution in [2.45, 2.75) is 6.92 Å². The number of aromatic amines is 1. The first kappa shape index (κ1) is 22.0. The first-order valence-corrected chi connectivity index (χ1v) is 10.9. The molecule has 0 aliphatic carbocycles. The van der Waals surface area contributed by atoms with E-state index in [1.807, 2.05) is 18.9 Å². The standard InChI is InChI=1S/C24H23F3N6O/c1-14-11-16-18(30-14)4-6-20(21(16)26)34-24-22(27)23(28-13-29-24)31-15-3-5-19(17(25)12-15)33-9-7-32(2)8-10-33/h3-6,11-13,30H,7-10H2,1-2H3,(H,28,29,31). The second-order valence-corrected chi connectivity index (χ2v) is 8.32. The number of likely N-dealkylation sites (N-methyl/N-ethyl adjacent to an activating group) is 1. The van der Waals surface area contributed by atoms with Gasteiger partial charge < -0.3 is 24.8 Å². The highest BCUT2D eigenvalue weighted by molar-refractivity contribution is 5.82. The highest BCUT2D eigenvalue weighted by Crippen LogP contribution is 2.33. The topological polar surface area (TPSA) is 69.3 Å².